The van der Waals surface area contributed by atoms with E-state index in [1.54, 1.807) is 0 Å². The number of hydrogen-bond acceptors (Lipinski definition) is 2. The van der Waals surface area contributed by atoms with Gasteiger partial charge < -0.3 is 9.67 Å². The Kier molecular flexibility index (Phi) is 3.32. The van der Waals surface area contributed by atoms with Crippen LogP contribution in [0.5, 0.6) is 0 Å². The van der Waals surface area contributed by atoms with Gasteiger partial charge in [0.05, 0.1) is 24.5 Å². The van der Waals surface area contributed by atoms with Crippen molar-refractivity contribution in [2.24, 2.45) is 0 Å². The minimum Gasteiger partial charge on any atom is -0.392 e. The molecule has 0 saturated carbocycles. The molecule has 4 nitrogen and oxygen atoms in total. The van der Waals surface area contributed by atoms with Crippen molar-refractivity contribution in [3.05, 3.63) is 53.5 Å². The number of benzene rings is 1. The average Bonchev–Trinajstić information content (AvgIpc) is 3.02. The van der Waals surface area contributed by atoms with Crippen molar-refractivity contribution in [2.45, 2.75) is 33.5 Å². The smallest absolute Gasteiger partial charge is 0.0682 e. The number of aryl methyl sites for hydroxylation is 2. The lowest BCUT2D eigenvalue weighted by Gasteiger charge is -2.08. The fraction of sp³-hybridized carbons (Fsp3) is 0.312. The largest absolute Gasteiger partial charge is 0.392 e. The summed E-state index contributed by atoms with van der Waals surface area (Å²) in [7, 11) is 0. The molecule has 3 aromatic rings. The number of aliphatic hydroxyl groups excluding tert-OH is 1. The second-order valence-corrected chi connectivity index (χ2v) is 5.09. The Morgan fingerprint density at radius 2 is 2.05 bits per heavy atom. The molecule has 0 amide bonds. The van der Waals surface area contributed by atoms with Gasteiger partial charge in [0.15, 0.2) is 0 Å². The Bertz CT molecular complexity index is 739. The van der Waals surface area contributed by atoms with Crippen molar-refractivity contribution in [2.75, 3.05) is 0 Å². The number of fused-ring (bicyclic) bond motifs is 1. The van der Waals surface area contributed by atoms with E-state index in [-0.39, 0.29) is 6.61 Å². The first-order valence-electron chi connectivity index (χ1n) is 6.93. The molecule has 20 heavy (non-hydrogen) atoms. The molecule has 0 aliphatic carbocycles. The highest BCUT2D eigenvalue weighted by atomic mass is 16.3. The molecule has 2 aromatic heterocycles. The molecule has 0 radical (unpaired) electrons. The van der Waals surface area contributed by atoms with Crippen molar-refractivity contribution in [3.8, 4) is 0 Å². The fourth-order valence-corrected chi connectivity index (χ4v) is 2.66. The van der Waals surface area contributed by atoms with Crippen LogP contribution in [0, 0.1) is 6.92 Å². The highest BCUT2D eigenvalue weighted by Crippen LogP contribution is 2.19. The van der Waals surface area contributed by atoms with Crippen LogP contribution in [-0.2, 0) is 19.7 Å². The van der Waals surface area contributed by atoms with E-state index < -0.39 is 0 Å². The van der Waals surface area contributed by atoms with Crippen molar-refractivity contribution in [3.63, 3.8) is 0 Å². The number of aliphatic hydroxyl groups is 1. The maximum atomic E-state index is 9.19. The summed E-state index contributed by atoms with van der Waals surface area (Å²) < 4.78 is 4.27. The Morgan fingerprint density at radius 1 is 1.20 bits per heavy atom. The summed E-state index contributed by atoms with van der Waals surface area (Å²) in [6.07, 6.45) is 2.09. The predicted molar refractivity (Wildman–Crippen MR) is 79.6 cm³/mol. The van der Waals surface area contributed by atoms with Gasteiger partial charge in [-0.15, -0.1) is 0 Å². The molecule has 104 valence electrons. The van der Waals surface area contributed by atoms with Gasteiger partial charge in [-0.2, -0.15) is 5.10 Å². The standard InChI is InChI=1S/C16H19N3O/c1-3-19-15(8-12(2)17-19)10-18-7-6-14-9-13(11-20)4-5-16(14)18/h4-9,20H,3,10-11H2,1-2H3. The van der Waals surface area contributed by atoms with Gasteiger partial charge in [-0.3, -0.25) is 4.68 Å². The Balaban J connectivity index is 1.98. The van der Waals surface area contributed by atoms with E-state index in [1.165, 1.54) is 11.2 Å². The zero-order valence-electron chi connectivity index (χ0n) is 11.9. The van der Waals surface area contributed by atoms with E-state index in [9.17, 15) is 5.11 Å². The third kappa shape index (κ3) is 2.23. The minimum absolute atomic E-state index is 0.0862. The van der Waals surface area contributed by atoms with E-state index in [0.717, 1.165) is 29.7 Å². The lowest BCUT2D eigenvalue weighted by Crippen LogP contribution is -2.07. The summed E-state index contributed by atoms with van der Waals surface area (Å²) in [4.78, 5) is 0. The Morgan fingerprint density at radius 3 is 2.80 bits per heavy atom. The summed E-state index contributed by atoms with van der Waals surface area (Å²) in [6.45, 7) is 5.92. The molecular weight excluding hydrogens is 250 g/mol. The van der Waals surface area contributed by atoms with E-state index >= 15 is 0 Å². The number of aromatic nitrogens is 3. The zero-order chi connectivity index (χ0) is 14.1. The van der Waals surface area contributed by atoms with Crippen molar-refractivity contribution in [1.29, 1.82) is 0 Å². The van der Waals surface area contributed by atoms with Gasteiger partial charge in [0, 0.05) is 18.3 Å². The van der Waals surface area contributed by atoms with Crippen LogP contribution in [0.2, 0.25) is 0 Å². The number of hydrogen-bond donors (Lipinski definition) is 1. The molecule has 4 heteroatoms. The average molecular weight is 269 g/mol. The first-order chi connectivity index (χ1) is 9.71. The molecule has 0 unspecified atom stereocenters. The van der Waals surface area contributed by atoms with Gasteiger partial charge in [0.2, 0.25) is 0 Å². The molecule has 3 rings (SSSR count). The van der Waals surface area contributed by atoms with Crippen LogP contribution in [0.3, 0.4) is 0 Å². The lowest BCUT2D eigenvalue weighted by molar-refractivity contribution is 0.282. The van der Waals surface area contributed by atoms with Crippen LogP contribution in [-0.4, -0.2) is 19.5 Å². The molecule has 0 bridgehead atoms. The van der Waals surface area contributed by atoms with Gasteiger partial charge in [-0.25, -0.2) is 0 Å². The van der Waals surface area contributed by atoms with E-state index in [4.69, 9.17) is 0 Å². The quantitative estimate of drug-likeness (QED) is 0.791. The molecule has 1 N–H and O–H groups in total. The van der Waals surface area contributed by atoms with E-state index in [2.05, 4.69) is 41.0 Å². The fourth-order valence-electron chi connectivity index (χ4n) is 2.66. The summed E-state index contributed by atoms with van der Waals surface area (Å²) in [5.74, 6) is 0. The maximum Gasteiger partial charge on any atom is 0.0682 e. The van der Waals surface area contributed by atoms with Crippen molar-refractivity contribution >= 4 is 10.9 Å². The molecular formula is C16H19N3O. The highest BCUT2D eigenvalue weighted by molar-refractivity contribution is 5.80. The monoisotopic (exact) mass is 269 g/mol. The molecule has 0 aliphatic rings. The first kappa shape index (κ1) is 12.9. The Hall–Kier alpha value is -2.07. The van der Waals surface area contributed by atoms with Crippen LogP contribution in [0.1, 0.15) is 23.9 Å². The molecule has 0 fully saturated rings. The number of rotatable bonds is 4. The molecule has 0 spiro atoms. The minimum atomic E-state index is 0.0862. The van der Waals surface area contributed by atoms with Gasteiger partial charge in [0.1, 0.15) is 0 Å². The van der Waals surface area contributed by atoms with Gasteiger partial charge in [-0.1, -0.05) is 6.07 Å². The third-order valence-corrected chi connectivity index (χ3v) is 3.64. The molecule has 0 aliphatic heterocycles. The van der Waals surface area contributed by atoms with Crippen LogP contribution >= 0.6 is 0 Å². The molecule has 0 atom stereocenters. The highest BCUT2D eigenvalue weighted by Gasteiger charge is 2.07. The lowest BCUT2D eigenvalue weighted by atomic mass is 10.2. The topological polar surface area (TPSA) is 43.0 Å². The van der Waals surface area contributed by atoms with Gasteiger partial charge in [0.25, 0.3) is 0 Å². The second kappa shape index (κ2) is 5.13. The summed E-state index contributed by atoms with van der Waals surface area (Å²) in [5.41, 5.74) is 4.41. The van der Waals surface area contributed by atoms with Crippen LogP contribution in [0.25, 0.3) is 10.9 Å². The summed E-state index contributed by atoms with van der Waals surface area (Å²) in [6, 6.07) is 10.3. The molecule has 1 aromatic carbocycles. The molecule has 2 heterocycles. The summed E-state index contributed by atoms with van der Waals surface area (Å²) >= 11 is 0. The van der Waals surface area contributed by atoms with Crippen LogP contribution < -0.4 is 0 Å². The third-order valence-electron chi connectivity index (χ3n) is 3.64. The Labute approximate surface area is 118 Å². The van der Waals surface area contributed by atoms with E-state index in [0.29, 0.717) is 0 Å². The summed E-state index contributed by atoms with van der Waals surface area (Å²) in [5, 5.41) is 14.8. The number of nitrogens with zero attached hydrogens (tertiary/aromatic N) is 3. The van der Waals surface area contributed by atoms with Gasteiger partial charge in [-0.05, 0) is 49.1 Å². The van der Waals surface area contributed by atoms with Crippen molar-refractivity contribution < 1.29 is 5.11 Å². The predicted octanol–water partition coefficient (Wildman–Crippen LogP) is 2.71. The van der Waals surface area contributed by atoms with E-state index in [1.807, 2.05) is 23.7 Å². The van der Waals surface area contributed by atoms with Crippen LogP contribution in [0.15, 0.2) is 36.5 Å². The second-order valence-electron chi connectivity index (χ2n) is 5.09. The maximum absolute atomic E-state index is 9.19. The normalized spacial score (nSPS) is 11.3. The van der Waals surface area contributed by atoms with Crippen LogP contribution in [0.4, 0.5) is 0 Å². The first-order valence-corrected chi connectivity index (χ1v) is 6.93. The zero-order valence-corrected chi connectivity index (χ0v) is 11.9. The van der Waals surface area contributed by atoms with Crippen molar-refractivity contribution in [1.82, 2.24) is 14.3 Å². The van der Waals surface area contributed by atoms with Gasteiger partial charge >= 0.3 is 0 Å². The SMILES string of the molecule is CCn1nc(C)cc1Cn1ccc2cc(CO)ccc21. The molecule has 0 saturated heterocycles.